The second kappa shape index (κ2) is 13.0. The first-order chi connectivity index (χ1) is 20.5. The molecule has 14 heteroatoms. The Morgan fingerprint density at radius 3 is 2.45 bits per heavy atom. The van der Waals surface area contributed by atoms with E-state index in [1.165, 1.54) is 16.8 Å². The first kappa shape index (κ1) is 28.4. The molecule has 4 N–H and O–H groups in total. The van der Waals surface area contributed by atoms with Crippen molar-refractivity contribution in [3.05, 3.63) is 51.6 Å². The molecule has 2 aliphatic carbocycles. The Labute approximate surface area is 256 Å². The minimum absolute atomic E-state index is 0.0263. The molecule has 1 aromatic carbocycles. The van der Waals surface area contributed by atoms with Crippen LogP contribution >= 0.6 is 35.3 Å². The van der Waals surface area contributed by atoms with Gasteiger partial charge in [-0.3, -0.25) is 15.0 Å². The molecule has 1 saturated heterocycles. The Morgan fingerprint density at radius 1 is 1.00 bits per heavy atom. The summed E-state index contributed by atoms with van der Waals surface area (Å²) in [5.41, 5.74) is 4.65. The fraction of sp³-hybridized carbons (Fsp3) is 0.357. The number of nitrogens with zero attached hydrogens (tertiary/aromatic N) is 4. The van der Waals surface area contributed by atoms with Gasteiger partial charge in [0.25, 0.3) is 11.8 Å². The molecule has 0 spiro atoms. The maximum Gasteiger partial charge on any atom is 0.285 e. The van der Waals surface area contributed by atoms with Crippen molar-refractivity contribution < 1.29 is 14.3 Å². The van der Waals surface area contributed by atoms with Gasteiger partial charge in [-0.2, -0.15) is 31.3 Å². The molecule has 3 aromatic rings. The molecule has 0 unspecified atom stereocenters. The maximum absolute atomic E-state index is 13.1. The molecular weight excluding hydrogens is 593 g/mol. The van der Waals surface area contributed by atoms with Gasteiger partial charge in [0.1, 0.15) is 5.75 Å². The molecule has 6 rings (SSSR count). The van der Waals surface area contributed by atoms with E-state index in [-0.39, 0.29) is 36.5 Å². The summed E-state index contributed by atoms with van der Waals surface area (Å²) in [4.78, 5) is 39.3. The Balaban J connectivity index is 1.14. The molecule has 0 atom stereocenters. The topological polar surface area (TPSA) is 133 Å². The fourth-order valence-electron chi connectivity index (χ4n) is 4.71. The second-order valence-electron chi connectivity index (χ2n) is 10.3. The van der Waals surface area contributed by atoms with Crippen LogP contribution in [0.25, 0.3) is 6.08 Å². The molecule has 3 fully saturated rings. The average molecular weight is 623 g/mol. The zero-order valence-corrected chi connectivity index (χ0v) is 25.1. The number of benzene rings is 1. The molecule has 42 heavy (non-hydrogen) atoms. The number of amides is 2. The lowest BCUT2D eigenvalue weighted by Crippen LogP contribution is -2.41. The third kappa shape index (κ3) is 7.17. The normalized spacial score (nSPS) is 18.3. The van der Waals surface area contributed by atoms with Crippen molar-refractivity contribution in [3.63, 3.8) is 0 Å². The SMILES string of the molecule is O=C(COc1ccc(Nc2nc(NC3CCCC3)nc(NN3C(=O)/C(=C/c4ccsc4)SC3=S)n2)cc1)NC1CCC1. The molecular formula is C28H30N8O3S3. The lowest BCUT2D eigenvalue weighted by atomic mass is 9.93. The van der Waals surface area contributed by atoms with Crippen molar-refractivity contribution in [2.24, 2.45) is 0 Å². The number of hydrogen-bond donors (Lipinski definition) is 4. The molecule has 2 amide bonds. The third-order valence-corrected chi connectivity index (χ3v) is 9.12. The Kier molecular flexibility index (Phi) is 8.81. The van der Waals surface area contributed by atoms with E-state index in [2.05, 4.69) is 36.3 Å². The smallest absolute Gasteiger partial charge is 0.285 e. The van der Waals surface area contributed by atoms with Crippen LogP contribution in [0.1, 0.15) is 50.5 Å². The largest absolute Gasteiger partial charge is 0.484 e. The van der Waals surface area contributed by atoms with Crippen LogP contribution in [0.5, 0.6) is 5.75 Å². The molecule has 0 radical (unpaired) electrons. The number of ether oxygens (including phenoxy) is 1. The van der Waals surface area contributed by atoms with Crippen molar-refractivity contribution in [1.82, 2.24) is 25.3 Å². The Morgan fingerprint density at radius 2 is 1.74 bits per heavy atom. The predicted octanol–water partition coefficient (Wildman–Crippen LogP) is 5.31. The molecule has 2 saturated carbocycles. The van der Waals surface area contributed by atoms with Gasteiger partial charge in [-0.25, -0.2) is 0 Å². The van der Waals surface area contributed by atoms with Gasteiger partial charge in [0.05, 0.1) is 4.91 Å². The van der Waals surface area contributed by atoms with Gasteiger partial charge in [-0.1, -0.05) is 24.6 Å². The highest BCUT2D eigenvalue weighted by atomic mass is 32.2. The summed E-state index contributed by atoms with van der Waals surface area (Å²) in [5.74, 6) is 1.07. The van der Waals surface area contributed by atoms with Crippen molar-refractivity contribution in [2.45, 2.75) is 57.0 Å². The fourth-order valence-corrected chi connectivity index (χ4v) is 6.50. The number of hydrazine groups is 1. The van der Waals surface area contributed by atoms with Crippen LogP contribution in [-0.4, -0.2) is 54.8 Å². The van der Waals surface area contributed by atoms with E-state index in [4.69, 9.17) is 17.0 Å². The monoisotopic (exact) mass is 622 g/mol. The number of hydrogen-bond acceptors (Lipinski definition) is 12. The molecule has 1 aliphatic heterocycles. The van der Waals surface area contributed by atoms with Crippen LogP contribution in [-0.2, 0) is 9.59 Å². The zero-order valence-electron chi connectivity index (χ0n) is 22.7. The Bertz CT molecular complexity index is 1470. The number of nitrogens with one attached hydrogen (secondary N) is 4. The average Bonchev–Trinajstić information content (AvgIpc) is 3.71. The summed E-state index contributed by atoms with van der Waals surface area (Å²) in [7, 11) is 0. The van der Waals surface area contributed by atoms with Gasteiger partial charge in [-0.15, -0.1) is 0 Å². The van der Waals surface area contributed by atoms with Crippen LogP contribution in [0.4, 0.5) is 23.5 Å². The standard InChI is InChI=1S/C28H30N8O3S3/c37-23(29-18-6-3-7-18)15-39-21-10-8-20(9-11-21)31-26-32-25(30-19-4-1-2-5-19)33-27(34-26)35-36-24(38)22(42-28(36)40)14-17-12-13-41-16-17/h8-14,16,18-19H,1-7,15H2,(H,29,37)(H3,30,31,32,33,34,35)/b22-14-. The van der Waals surface area contributed by atoms with Gasteiger partial charge >= 0.3 is 0 Å². The molecule has 3 heterocycles. The summed E-state index contributed by atoms with van der Waals surface area (Å²) in [6.07, 6.45) is 9.44. The minimum Gasteiger partial charge on any atom is -0.484 e. The van der Waals surface area contributed by atoms with E-state index in [9.17, 15) is 9.59 Å². The number of anilines is 4. The van der Waals surface area contributed by atoms with E-state index in [0.29, 0.717) is 26.9 Å². The highest BCUT2D eigenvalue weighted by Gasteiger charge is 2.33. The van der Waals surface area contributed by atoms with Crippen molar-refractivity contribution >= 4 is 81.1 Å². The maximum atomic E-state index is 13.1. The van der Waals surface area contributed by atoms with Crippen molar-refractivity contribution in [1.29, 1.82) is 0 Å². The van der Waals surface area contributed by atoms with Gasteiger partial charge < -0.3 is 20.7 Å². The predicted molar refractivity (Wildman–Crippen MR) is 170 cm³/mol. The van der Waals surface area contributed by atoms with E-state index in [1.807, 2.05) is 35.0 Å². The van der Waals surface area contributed by atoms with Crippen LogP contribution < -0.4 is 26.1 Å². The number of carbonyl (C=O) groups is 2. The summed E-state index contributed by atoms with van der Waals surface area (Å²) in [6.45, 7) is -0.0263. The highest BCUT2D eigenvalue weighted by Crippen LogP contribution is 2.33. The first-order valence-corrected chi connectivity index (χ1v) is 16.0. The zero-order chi connectivity index (χ0) is 28.9. The van der Waals surface area contributed by atoms with Crippen LogP contribution in [0, 0.1) is 0 Å². The van der Waals surface area contributed by atoms with E-state index in [1.54, 1.807) is 23.5 Å². The van der Waals surface area contributed by atoms with Crippen molar-refractivity contribution in [3.8, 4) is 5.75 Å². The quantitative estimate of drug-likeness (QED) is 0.164. The van der Waals surface area contributed by atoms with Gasteiger partial charge in [0, 0.05) is 17.8 Å². The minimum atomic E-state index is -0.270. The summed E-state index contributed by atoms with van der Waals surface area (Å²) < 4.78 is 5.99. The van der Waals surface area contributed by atoms with Crippen LogP contribution in [0.3, 0.4) is 0 Å². The van der Waals surface area contributed by atoms with Gasteiger partial charge in [0.2, 0.25) is 17.8 Å². The van der Waals surface area contributed by atoms with Crippen LogP contribution in [0.2, 0.25) is 0 Å². The number of thioether (sulfide) groups is 1. The van der Waals surface area contributed by atoms with E-state index < -0.39 is 0 Å². The highest BCUT2D eigenvalue weighted by molar-refractivity contribution is 8.26. The Hall–Kier alpha value is -3.75. The third-order valence-electron chi connectivity index (χ3n) is 7.12. The number of thiocarbonyl (C=S) groups is 1. The molecule has 0 bridgehead atoms. The molecule has 2 aromatic heterocycles. The first-order valence-electron chi connectivity index (χ1n) is 13.9. The summed E-state index contributed by atoms with van der Waals surface area (Å²) in [6, 6.07) is 9.68. The lowest BCUT2D eigenvalue weighted by molar-refractivity contribution is -0.124. The second-order valence-corrected chi connectivity index (χ2v) is 12.7. The molecule has 11 nitrogen and oxygen atoms in total. The van der Waals surface area contributed by atoms with Crippen molar-refractivity contribution in [2.75, 3.05) is 22.7 Å². The number of carbonyl (C=O) groups excluding carboxylic acids is 2. The molecule has 218 valence electrons. The summed E-state index contributed by atoms with van der Waals surface area (Å²) >= 11 is 8.27. The molecule has 3 aliphatic rings. The van der Waals surface area contributed by atoms with E-state index in [0.717, 1.165) is 56.2 Å². The lowest BCUT2D eigenvalue weighted by Gasteiger charge is -2.26. The summed E-state index contributed by atoms with van der Waals surface area (Å²) in [5, 5.41) is 14.8. The number of thiophene rings is 1. The van der Waals surface area contributed by atoms with Gasteiger partial charge in [0.15, 0.2) is 10.9 Å². The number of aromatic nitrogens is 3. The van der Waals surface area contributed by atoms with Gasteiger partial charge in [-0.05, 0) is 97.1 Å². The van der Waals surface area contributed by atoms with E-state index >= 15 is 0 Å². The van der Waals surface area contributed by atoms with Crippen LogP contribution in [0.15, 0.2) is 46.0 Å². The number of rotatable bonds is 11.